The second-order valence-electron chi connectivity index (χ2n) is 5.54. The predicted molar refractivity (Wildman–Crippen MR) is 101 cm³/mol. The SMILES string of the molecule is O=C(O)c1cc([S+]([O-])Cc2ccccc2)c(Cl)cc1NCc1ccco1. The maximum atomic E-state index is 12.7. The van der Waals surface area contributed by atoms with E-state index in [1.165, 1.54) is 18.4 Å². The van der Waals surface area contributed by atoms with Crippen LogP contribution in [0.25, 0.3) is 0 Å². The summed E-state index contributed by atoms with van der Waals surface area (Å²) in [5.74, 6) is -0.200. The van der Waals surface area contributed by atoms with Crippen LogP contribution in [0.2, 0.25) is 5.02 Å². The van der Waals surface area contributed by atoms with E-state index in [9.17, 15) is 14.5 Å². The summed E-state index contributed by atoms with van der Waals surface area (Å²) in [5.41, 5.74) is 1.25. The number of furan rings is 1. The molecule has 0 aliphatic heterocycles. The summed E-state index contributed by atoms with van der Waals surface area (Å²) in [5, 5.41) is 12.8. The van der Waals surface area contributed by atoms with E-state index in [0.717, 1.165) is 5.56 Å². The van der Waals surface area contributed by atoms with Crippen molar-refractivity contribution >= 4 is 34.4 Å². The molecule has 1 unspecified atom stereocenters. The number of rotatable bonds is 7. The van der Waals surface area contributed by atoms with Gasteiger partial charge in [0, 0.05) is 11.6 Å². The molecule has 2 N–H and O–H groups in total. The number of anilines is 1. The molecule has 7 heteroatoms. The minimum Gasteiger partial charge on any atom is -0.611 e. The normalized spacial score (nSPS) is 11.9. The summed E-state index contributed by atoms with van der Waals surface area (Å²) in [4.78, 5) is 11.9. The smallest absolute Gasteiger partial charge is 0.337 e. The number of hydrogen-bond donors (Lipinski definition) is 2. The fourth-order valence-corrected chi connectivity index (χ4v) is 4.05. The van der Waals surface area contributed by atoms with Crippen molar-refractivity contribution in [3.63, 3.8) is 0 Å². The van der Waals surface area contributed by atoms with Gasteiger partial charge in [-0.1, -0.05) is 41.9 Å². The van der Waals surface area contributed by atoms with Gasteiger partial charge in [0.25, 0.3) is 0 Å². The maximum absolute atomic E-state index is 12.7. The van der Waals surface area contributed by atoms with Crippen LogP contribution in [-0.2, 0) is 23.5 Å². The number of carboxylic acids is 1. The van der Waals surface area contributed by atoms with Crippen LogP contribution in [0.4, 0.5) is 5.69 Å². The van der Waals surface area contributed by atoms with Gasteiger partial charge in [-0.15, -0.1) is 0 Å². The van der Waals surface area contributed by atoms with Crippen LogP contribution >= 0.6 is 11.6 Å². The predicted octanol–water partition coefficient (Wildman–Crippen LogP) is 4.55. The Morgan fingerprint density at radius 2 is 1.96 bits per heavy atom. The summed E-state index contributed by atoms with van der Waals surface area (Å²) in [6.07, 6.45) is 1.54. The van der Waals surface area contributed by atoms with Crippen LogP contribution in [-0.4, -0.2) is 15.6 Å². The van der Waals surface area contributed by atoms with E-state index in [0.29, 0.717) is 22.9 Å². The van der Waals surface area contributed by atoms with Gasteiger partial charge in [0.15, 0.2) is 4.90 Å². The molecule has 0 aliphatic carbocycles. The number of carbonyl (C=O) groups is 1. The second-order valence-corrected chi connectivity index (χ2v) is 7.37. The molecule has 0 amide bonds. The first-order chi connectivity index (χ1) is 12.5. The Bertz CT molecular complexity index is 884. The van der Waals surface area contributed by atoms with E-state index in [1.807, 2.05) is 30.3 Å². The van der Waals surface area contributed by atoms with E-state index >= 15 is 0 Å². The van der Waals surface area contributed by atoms with Gasteiger partial charge in [-0.3, -0.25) is 0 Å². The average molecular weight is 390 g/mol. The second kappa shape index (κ2) is 8.31. The maximum Gasteiger partial charge on any atom is 0.337 e. The molecular formula is C19H16ClNO4S. The quantitative estimate of drug-likeness (QED) is 0.579. The Morgan fingerprint density at radius 1 is 1.19 bits per heavy atom. The highest BCUT2D eigenvalue weighted by Crippen LogP contribution is 2.31. The number of nitrogens with one attached hydrogen (secondary N) is 1. The topological polar surface area (TPSA) is 85.5 Å². The van der Waals surface area contributed by atoms with Crippen LogP contribution in [0.15, 0.2) is 70.2 Å². The molecule has 0 bridgehead atoms. The van der Waals surface area contributed by atoms with Gasteiger partial charge in [0.1, 0.15) is 11.5 Å². The van der Waals surface area contributed by atoms with Crippen LogP contribution in [0, 0.1) is 0 Å². The fourth-order valence-electron chi connectivity index (χ4n) is 2.45. The van der Waals surface area contributed by atoms with Gasteiger partial charge in [0.05, 0.1) is 29.1 Å². The highest BCUT2D eigenvalue weighted by molar-refractivity contribution is 7.90. The molecule has 5 nitrogen and oxygen atoms in total. The first-order valence-corrected chi connectivity index (χ1v) is 9.49. The molecule has 3 rings (SSSR count). The minimum atomic E-state index is -1.46. The number of hydrogen-bond acceptors (Lipinski definition) is 4. The van der Waals surface area contributed by atoms with Crippen molar-refractivity contribution in [1.82, 2.24) is 0 Å². The van der Waals surface area contributed by atoms with E-state index < -0.39 is 17.1 Å². The largest absolute Gasteiger partial charge is 0.611 e. The third-order valence-corrected chi connectivity index (χ3v) is 5.57. The lowest BCUT2D eigenvalue weighted by molar-refractivity contribution is 0.0697. The highest BCUT2D eigenvalue weighted by atomic mass is 35.5. The molecular weight excluding hydrogens is 374 g/mol. The van der Waals surface area contributed by atoms with Gasteiger partial charge < -0.3 is 19.4 Å². The Labute approximate surface area is 158 Å². The molecule has 2 aromatic carbocycles. The van der Waals surface area contributed by atoms with Crippen LogP contribution in [0.5, 0.6) is 0 Å². The molecule has 26 heavy (non-hydrogen) atoms. The van der Waals surface area contributed by atoms with E-state index in [-0.39, 0.29) is 16.3 Å². The van der Waals surface area contributed by atoms with Gasteiger partial charge in [-0.25, -0.2) is 4.79 Å². The lowest BCUT2D eigenvalue weighted by atomic mass is 10.1. The molecule has 134 valence electrons. The van der Waals surface area contributed by atoms with Crippen molar-refractivity contribution in [2.45, 2.75) is 17.2 Å². The van der Waals surface area contributed by atoms with Crippen molar-refractivity contribution in [1.29, 1.82) is 0 Å². The zero-order valence-electron chi connectivity index (χ0n) is 13.6. The minimum absolute atomic E-state index is 0.0115. The third kappa shape index (κ3) is 4.40. The van der Waals surface area contributed by atoms with Gasteiger partial charge in [-0.05, 0) is 29.4 Å². The summed E-state index contributed by atoms with van der Waals surface area (Å²) in [6.45, 7) is 0.316. The monoisotopic (exact) mass is 389 g/mol. The van der Waals surface area contributed by atoms with E-state index in [4.69, 9.17) is 16.0 Å². The van der Waals surface area contributed by atoms with Gasteiger partial charge >= 0.3 is 5.97 Å². The van der Waals surface area contributed by atoms with Gasteiger partial charge in [0.2, 0.25) is 0 Å². The molecule has 1 atom stereocenters. The van der Waals surface area contributed by atoms with Crippen LogP contribution < -0.4 is 5.32 Å². The molecule has 0 saturated heterocycles. The van der Waals surface area contributed by atoms with Crippen LogP contribution in [0.3, 0.4) is 0 Å². The summed E-state index contributed by atoms with van der Waals surface area (Å²) >= 11 is 4.82. The standard InChI is InChI=1S/C19H16ClNO4S/c20-16-10-17(21-11-14-7-4-8-25-14)15(19(22)23)9-18(16)26(24)12-13-5-2-1-3-6-13/h1-10,21H,11-12H2,(H,22,23). The highest BCUT2D eigenvalue weighted by Gasteiger charge is 2.22. The number of carboxylic acid groups (broad SMARTS) is 1. The summed E-state index contributed by atoms with van der Waals surface area (Å²) in [6, 6.07) is 15.7. The van der Waals surface area contributed by atoms with Crippen molar-refractivity contribution in [2.75, 3.05) is 5.32 Å². The average Bonchev–Trinajstić information content (AvgIpc) is 3.14. The number of halogens is 1. The zero-order chi connectivity index (χ0) is 18.5. The van der Waals surface area contributed by atoms with E-state index in [2.05, 4.69) is 5.32 Å². The Hall–Kier alpha value is -2.41. The Kier molecular flexibility index (Phi) is 5.88. The summed E-state index contributed by atoms with van der Waals surface area (Å²) in [7, 11) is 0. The Balaban J connectivity index is 1.84. The van der Waals surface area contributed by atoms with Crippen molar-refractivity contribution < 1.29 is 18.9 Å². The first-order valence-electron chi connectivity index (χ1n) is 7.80. The lowest BCUT2D eigenvalue weighted by Gasteiger charge is -2.15. The van der Waals surface area contributed by atoms with Crippen molar-refractivity contribution in [3.05, 3.63) is 82.8 Å². The molecule has 0 spiro atoms. The number of aromatic carboxylic acids is 1. The van der Waals surface area contributed by atoms with Crippen molar-refractivity contribution in [3.8, 4) is 0 Å². The molecule has 3 aromatic rings. The molecule has 1 heterocycles. The third-order valence-electron chi connectivity index (χ3n) is 3.72. The molecule has 0 saturated carbocycles. The zero-order valence-corrected chi connectivity index (χ0v) is 15.2. The van der Waals surface area contributed by atoms with Gasteiger partial charge in [-0.2, -0.15) is 0 Å². The molecule has 0 fully saturated rings. The van der Waals surface area contributed by atoms with Crippen LogP contribution in [0.1, 0.15) is 21.7 Å². The summed E-state index contributed by atoms with van der Waals surface area (Å²) < 4.78 is 17.9. The number of benzene rings is 2. The van der Waals surface area contributed by atoms with E-state index in [1.54, 1.807) is 12.1 Å². The lowest BCUT2D eigenvalue weighted by Crippen LogP contribution is -2.11. The first kappa shape index (κ1) is 18.4. The molecule has 0 radical (unpaired) electrons. The molecule has 1 aromatic heterocycles. The Morgan fingerprint density at radius 3 is 2.62 bits per heavy atom. The molecule has 0 aliphatic rings. The van der Waals surface area contributed by atoms with Crippen molar-refractivity contribution in [2.24, 2.45) is 0 Å². The fraction of sp³-hybridized carbons (Fsp3) is 0.105.